The molecule has 23 heavy (non-hydrogen) atoms. The second-order valence-corrected chi connectivity index (χ2v) is 5.95. The fourth-order valence-electron chi connectivity index (χ4n) is 2.96. The van der Waals surface area contributed by atoms with Crippen molar-refractivity contribution in [2.75, 3.05) is 18.0 Å². The van der Waals surface area contributed by atoms with Crippen LogP contribution in [-0.2, 0) is 4.79 Å². The van der Waals surface area contributed by atoms with Crippen LogP contribution in [0.2, 0.25) is 0 Å². The average molecular weight is 317 g/mol. The van der Waals surface area contributed by atoms with Gasteiger partial charge in [-0.15, -0.1) is 0 Å². The van der Waals surface area contributed by atoms with E-state index in [0.29, 0.717) is 18.7 Å². The van der Waals surface area contributed by atoms with Gasteiger partial charge in [0.2, 0.25) is 0 Å². The van der Waals surface area contributed by atoms with Crippen molar-refractivity contribution in [3.63, 3.8) is 0 Å². The summed E-state index contributed by atoms with van der Waals surface area (Å²) >= 11 is 0. The van der Waals surface area contributed by atoms with Crippen LogP contribution in [0, 0.1) is 28.4 Å². The Morgan fingerprint density at radius 3 is 2.83 bits per heavy atom. The highest BCUT2D eigenvalue weighted by Gasteiger charge is 2.41. The molecule has 0 saturated carbocycles. The number of fused-ring (bicyclic) bond motifs is 1. The summed E-state index contributed by atoms with van der Waals surface area (Å²) in [5.41, 5.74) is -0.504. The lowest BCUT2D eigenvalue weighted by molar-refractivity contribution is -0.146. The molecule has 1 aromatic heterocycles. The zero-order valence-electron chi connectivity index (χ0n) is 12.3. The van der Waals surface area contributed by atoms with Crippen molar-refractivity contribution >= 4 is 22.6 Å². The van der Waals surface area contributed by atoms with E-state index >= 15 is 0 Å². The number of carboxylic acids is 1. The zero-order valence-corrected chi connectivity index (χ0v) is 12.3. The van der Waals surface area contributed by atoms with E-state index in [4.69, 9.17) is 0 Å². The Morgan fingerprint density at radius 2 is 2.22 bits per heavy atom. The van der Waals surface area contributed by atoms with Crippen LogP contribution in [0.1, 0.15) is 18.9 Å². The molecular formula is C16H13F2N3O2. The Labute approximate surface area is 130 Å². The summed E-state index contributed by atoms with van der Waals surface area (Å²) in [5, 5.41) is 18.8. The van der Waals surface area contributed by atoms with Crippen molar-refractivity contribution in [1.29, 1.82) is 5.26 Å². The van der Waals surface area contributed by atoms with E-state index in [1.54, 1.807) is 11.8 Å². The first-order valence-corrected chi connectivity index (χ1v) is 7.02. The van der Waals surface area contributed by atoms with E-state index in [9.17, 15) is 23.9 Å². The summed E-state index contributed by atoms with van der Waals surface area (Å²) in [4.78, 5) is 17.0. The maximum absolute atomic E-state index is 13.9. The van der Waals surface area contributed by atoms with Crippen LogP contribution < -0.4 is 4.90 Å². The number of carboxylic acid groups (broad SMARTS) is 1. The van der Waals surface area contributed by atoms with E-state index < -0.39 is 23.0 Å². The van der Waals surface area contributed by atoms with Crippen LogP contribution >= 0.6 is 0 Å². The zero-order chi connectivity index (χ0) is 16.8. The van der Waals surface area contributed by atoms with Gasteiger partial charge >= 0.3 is 5.97 Å². The molecule has 0 aliphatic carbocycles. The molecule has 1 aromatic carbocycles. The molecule has 1 unspecified atom stereocenters. The first kappa shape index (κ1) is 15.2. The fraction of sp³-hybridized carbons (Fsp3) is 0.312. The SMILES string of the molecule is CC1(C(=O)O)CCN(c2c(C#N)cnc3c(F)cc(F)cc23)C1. The van der Waals surface area contributed by atoms with Gasteiger partial charge in [0.25, 0.3) is 0 Å². The Hall–Kier alpha value is -2.75. The van der Waals surface area contributed by atoms with Gasteiger partial charge in [0, 0.05) is 30.7 Å². The Morgan fingerprint density at radius 1 is 1.48 bits per heavy atom. The van der Waals surface area contributed by atoms with Gasteiger partial charge in [0.1, 0.15) is 17.4 Å². The van der Waals surface area contributed by atoms with E-state index in [1.807, 2.05) is 6.07 Å². The number of aromatic nitrogens is 1. The van der Waals surface area contributed by atoms with Gasteiger partial charge in [-0.05, 0) is 19.4 Å². The van der Waals surface area contributed by atoms with E-state index in [0.717, 1.165) is 12.1 Å². The van der Waals surface area contributed by atoms with E-state index in [2.05, 4.69) is 4.98 Å². The highest BCUT2D eigenvalue weighted by Crippen LogP contribution is 2.38. The Kier molecular flexibility index (Phi) is 3.40. The molecule has 2 heterocycles. The lowest BCUT2D eigenvalue weighted by Gasteiger charge is -2.24. The third-order valence-corrected chi connectivity index (χ3v) is 4.29. The maximum atomic E-state index is 13.9. The third-order valence-electron chi connectivity index (χ3n) is 4.29. The largest absolute Gasteiger partial charge is 0.481 e. The summed E-state index contributed by atoms with van der Waals surface area (Å²) in [5.74, 6) is -2.52. The molecule has 5 nitrogen and oxygen atoms in total. The molecule has 1 saturated heterocycles. The number of nitriles is 1. The second-order valence-electron chi connectivity index (χ2n) is 5.95. The standard InChI is InChI=1S/C16H13F2N3O2/c1-16(15(22)23)2-3-21(8-16)14-9(6-19)7-20-13-11(14)4-10(17)5-12(13)18/h4-5,7H,2-3,8H2,1H3,(H,22,23). The molecule has 1 aliphatic rings. The Balaban J connectivity index is 2.21. The van der Waals surface area contributed by atoms with Crippen LogP contribution in [0.15, 0.2) is 18.3 Å². The van der Waals surface area contributed by atoms with Crippen molar-refractivity contribution in [2.24, 2.45) is 5.41 Å². The average Bonchev–Trinajstić information content (AvgIpc) is 2.89. The summed E-state index contributed by atoms with van der Waals surface area (Å²) in [6.07, 6.45) is 1.61. The number of halogens is 2. The number of aliphatic carboxylic acids is 1. The Bertz CT molecular complexity index is 863. The normalized spacial score (nSPS) is 20.7. The maximum Gasteiger partial charge on any atom is 0.311 e. The molecule has 3 rings (SSSR count). The predicted octanol–water partition coefficient (Wildman–Crippen LogP) is 2.69. The summed E-state index contributed by atoms with van der Waals surface area (Å²) < 4.78 is 27.5. The summed E-state index contributed by atoms with van der Waals surface area (Å²) in [7, 11) is 0. The fourth-order valence-corrected chi connectivity index (χ4v) is 2.96. The van der Waals surface area contributed by atoms with Crippen molar-refractivity contribution in [2.45, 2.75) is 13.3 Å². The lowest BCUT2D eigenvalue weighted by atomic mass is 9.90. The highest BCUT2D eigenvalue weighted by molar-refractivity contribution is 5.95. The van der Waals surface area contributed by atoms with E-state index in [-0.39, 0.29) is 23.0 Å². The number of nitrogens with zero attached hydrogens (tertiary/aromatic N) is 3. The first-order chi connectivity index (χ1) is 10.9. The third kappa shape index (κ3) is 2.36. The molecule has 0 bridgehead atoms. The highest BCUT2D eigenvalue weighted by atomic mass is 19.1. The van der Waals surface area contributed by atoms with Crippen LogP contribution in [0.5, 0.6) is 0 Å². The van der Waals surface area contributed by atoms with Gasteiger partial charge < -0.3 is 10.0 Å². The smallest absolute Gasteiger partial charge is 0.311 e. The number of rotatable bonds is 2. The van der Waals surface area contributed by atoms with Crippen molar-refractivity contribution < 1.29 is 18.7 Å². The monoisotopic (exact) mass is 317 g/mol. The number of hydrogen-bond acceptors (Lipinski definition) is 4. The first-order valence-electron chi connectivity index (χ1n) is 7.02. The molecular weight excluding hydrogens is 304 g/mol. The molecule has 2 aromatic rings. The van der Waals surface area contributed by atoms with Crippen molar-refractivity contribution in [1.82, 2.24) is 4.98 Å². The van der Waals surface area contributed by atoms with Crippen LogP contribution in [-0.4, -0.2) is 29.1 Å². The number of pyridine rings is 1. The predicted molar refractivity (Wildman–Crippen MR) is 78.9 cm³/mol. The quantitative estimate of drug-likeness (QED) is 0.921. The van der Waals surface area contributed by atoms with Gasteiger partial charge in [0.15, 0.2) is 5.82 Å². The number of hydrogen-bond donors (Lipinski definition) is 1. The molecule has 0 amide bonds. The summed E-state index contributed by atoms with van der Waals surface area (Å²) in [6, 6.07) is 3.82. The summed E-state index contributed by atoms with van der Waals surface area (Å²) in [6.45, 7) is 2.16. The van der Waals surface area contributed by atoms with Crippen molar-refractivity contribution in [3.05, 3.63) is 35.5 Å². The molecule has 118 valence electrons. The minimum Gasteiger partial charge on any atom is -0.481 e. The van der Waals surface area contributed by atoms with Gasteiger partial charge in [0.05, 0.1) is 16.7 Å². The molecule has 1 N–H and O–H groups in total. The molecule has 0 spiro atoms. The molecule has 0 radical (unpaired) electrons. The number of benzene rings is 1. The molecule has 1 aliphatic heterocycles. The van der Waals surface area contributed by atoms with Gasteiger partial charge in [-0.1, -0.05) is 0 Å². The molecule has 7 heteroatoms. The molecule has 1 fully saturated rings. The topological polar surface area (TPSA) is 77.2 Å². The van der Waals surface area contributed by atoms with Crippen LogP contribution in [0.3, 0.4) is 0 Å². The second kappa shape index (κ2) is 5.16. The van der Waals surface area contributed by atoms with Crippen LogP contribution in [0.4, 0.5) is 14.5 Å². The van der Waals surface area contributed by atoms with Crippen molar-refractivity contribution in [3.8, 4) is 6.07 Å². The van der Waals surface area contributed by atoms with Gasteiger partial charge in [-0.3, -0.25) is 9.78 Å². The molecule has 1 atom stereocenters. The van der Waals surface area contributed by atoms with Gasteiger partial charge in [-0.2, -0.15) is 5.26 Å². The lowest BCUT2D eigenvalue weighted by Crippen LogP contribution is -2.32. The number of anilines is 1. The minimum atomic E-state index is -0.964. The minimum absolute atomic E-state index is 0.0377. The number of carbonyl (C=O) groups is 1. The van der Waals surface area contributed by atoms with Crippen LogP contribution in [0.25, 0.3) is 10.9 Å². The van der Waals surface area contributed by atoms with Gasteiger partial charge in [-0.25, -0.2) is 8.78 Å². The van der Waals surface area contributed by atoms with E-state index in [1.165, 1.54) is 6.20 Å².